The van der Waals surface area contributed by atoms with Gasteiger partial charge in [0.05, 0.1) is 18.8 Å². The zero-order valence-electron chi connectivity index (χ0n) is 10.8. The number of carbonyl (C=O) groups is 1. The molecule has 1 amide bonds. The number of nitrogens with zero attached hydrogens (tertiary/aromatic N) is 1. The lowest BCUT2D eigenvalue weighted by atomic mass is 10.2. The van der Waals surface area contributed by atoms with Gasteiger partial charge < -0.3 is 15.0 Å². The highest BCUT2D eigenvalue weighted by atomic mass is 16.5. The van der Waals surface area contributed by atoms with Crippen LogP contribution < -0.4 is 15.0 Å². The molecule has 98 valence electrons. The molecule has 0 bridgehead atoms. The first-order valence-electron chi connectivity index (χ1n) is 6.56. The molecule has 1 heterocycles. The summed E-state index contributed by atoms with van der Waals surface area (Å²) in [4.78, 5) is 13.7. The van der Waals surface area contributed by atoms with E-state index < -0.39 is 0 Å². The number of benzene rings is 1. The lowest BCUT2D eigenvalue weighted by Crippen LogP contribution is -2.48. The van der Waals surface area contributed by atoms with E-state index in [-0.39, 0.29) is 5.91 Å². The van der Waals surface area contributed by atoms with Crippen LogP contribution in [0.4, 0.5) is 5.69 Å². The van der Waals surface area contributed by atoms with Gasteiger partial charge in [0, 0.05) is 13.1 Å². The number of anilines is 1. The first-order valence-corrected chi connectivity index (χ1v) is 6.56. The van der Waals surface area contributed by atoms with Gasteiger partial charge in [0.1, 0.15) is 5.75 Å². The Morgan fingerprint density at radius 2 is 2.22 bits per heavy atom. The van der Waals surface area contributed by atoms with Gasteiger partial charge in [0.2, 0.25) is 5.91 Å². The van der Waals surface area contributed by atoms with Crippen LogP contribution in [0.2, 0.25) is 0 Å². The van der Waals surface area contributed by atoms with E-state index in [1.54, 1.807) is 4.90 Å². The lowest BCUT2D eigenvalue weighted by molar-refractivity contribution is -0.118. The molecule has 1 N–H and O–H groups in total. The fourth-order valence-corrected chi connectivity index (χ4v) is 1.99. The maximum atomic E-state index is 11.9. The van der Waals surface area contributed by atoms with Gasteiger partial charge in [0.25, 0.3) is 0 Å². The van der Waals surface area contributed by atoms with Crippen molar-refractivity contribution in [3.8, 4) is 5.75 Å². The van der Waals surface area contributed by atoms with E-state index in [0.717, 1.165) is 30.8 Å². The van der Waals surface area contributed by atoms with E-state index in [2.05, 4.69) is 12.2 Å². The lowest BCUT2D eigenvalue weighted by Gasteiger charge is -2.28. The average Bonchev–Trinajstić information content (AvgIpc) is 2.40. The Bertz CT molecular complexity index is 407. The molecule has 0 aliphatic carbocycles. The third-order valence-corrected chi connectivity index (χ3v) is 3.00. The summed E-state index contributed by atoms with van der Waals surface area (Å²) < 4.78 is 5.76. The third kappa shape index (κ3) is 3.01. The van der Waals surface area contributed by atoms with Crippen LogP contribution in [0.25, 0.3) is 0 Å². The number of ether oxygens (including phenoxy) is 1. The number of hydrogen-bond donors (Lipinski definition) is 1. The number of piperazine rings is 1. The van der Waals surface area contributed by atoms with Crippen LogP contribution in [-0.2, 0) is 4.79 Å². The standard InChI is InChI=1S/C14H20N2O2/c1-2-3-10-18-13-7-5-4-6-12(13)16-9-8-15-11-14(16)17/h4-7,15H,2-3,8-11H2,1H3. The van der Waals surface area contributed by atoms with Crippen molar-refractivity contribution in [2.75, 3.05) is 31.1 Å². The van der Waals surface area contributed by atoms with Gasteiger partial charge in [-0.25, -0.2) is 0 Å². The van der Waals surface area contributed by atoms with Crippen molar-refractivity contribution in [3.63, 3.8) is 0 Å². The number of para-hydroxylation sites is 2. The van der Waals surface area contributed by atoms with Crippen molar-refractivity contribution >= 4 is 11.6 Å². The molecule has 0 atom stereocenters. The van der Waals surface area contributed by atoms with E-state index >= 15 is 0 Å². The molecule has 1 aromatic carbocycles. The summed E-state index contributed by atoms with van der Waals surface area (Å²) in [7, 11) is 0. The van der Waals surface area contributed by atoms with Crippen molar-refractivity contribution in [1.82, 2.24) is 5.32 Å². The van der Waals surface area contributed by atoms with Gasteiger partial charge in [-0.3, -0.25) is 4.79 Å². The van der Waals surface area contributed by atoms with Crippen molar-refractivity contribution in [2.45, 2.75) is 19.8 Å². The van der Waals surface area contributed by atoms with E-state index in [1.165, 1.54) is 0 Å². The van der Waals surface area contributed by atoms with Crippen molar-refractivity contribution in [1.29, 1.82) is 0 Å². The monoisotopic (exact) mass is 248 g/mol. The molecule has 0 aromatic heterocycles. The summed E-state index contributed by atoms with van der Waals surface area (Å²) in [6, 6.07) is 7.76. The van der Waals surface area contributed by atoms with Crippen LogP contribution in [0.1, 0.15) is 19.8 Å². The summed E-state index contributed by atoms with van der Waals surface area (Å²) in [6.07, 6.45) is 2.14. The molecular weight excluding hydrogens is 228 g/mol. The summed E-state index contributed by atoms with van der Waals surface area (Å²) >= 11 is 0. The second-order valence-corrected chi connectivity index (χ2v) is 4.39. The zero-order chi connectivity index (χ0) is 12.8. The van der Waals surface area contributed by atoms with Crippen molar-refractivity contribution < 1.29 is 9.53 Å². The zero-order valence-corrected chi connectivity index (χ0v) is 10.8. The minimum absolute atomic E-state index is 0.104. The molecule has 1 aromatic rings. The second-order valence-electron chi connectivity index (χ2n) is 4.39. The Hall–Kier alpha value is -1.55. The van der Waals surface area contributed by atoms with Crippen LogP contribution in [0.5, 0.6) is 5.75 Å². The molecule has 0 unspecified atom stereocenters. The van der Waals surface area contributed by atoms with E-state index in [0.29, 0.717) is 19.7 Å². The minimum atomic E-state index is 0.104. The van der Waals surface area contributed by atoms with Crippen molar-refractivity contribution in [2.24, 2.45) is 0 Å². The Kier molecular flexibility index (Phi) is 4.59. The van der Waals surface area contributed by atoms with Gasteiger partial charge in [-0.1, -0.05) is 25.5 Å². The van der Waals surface area contributed by atoms with Gasteiger partial charge in [-0.2, -0.15) is 0 Å². The average molecular weight is 248 g/mol. The maximum absolute atomic E-state index is 11.9. The van der Waals surface area contributed by atoms with E-state index in [1.807, 2.05) is 24.3 Å². The second kappa shape index (κ2) is 6.40. The molecule has 4 nitrogen and oxygen atoms in total. The molecule has 2 rings (SSSR count). The highest BCUT2D eigenvalue weighted by Gasteiger charge is 2.21. The highest BCUT2D eigenvalue weighted by Crippen LogP contribution is 2.28. The normalized spacial score (nSPS) is 15.8. The van der Waals surface area contributed by atoms with Crippen LogP contribution in [0, 0.1) is 0 Å². The van der Waals surface area contributed by atoms with Crippen LogP contribution in [-0.4, -0.2) is 32.1 Å². The SMILES string of the molecule is CCCCOc1ccccc1N1CCNCC1=O. The summed E-state index contributed by atoms with van der Waals surface area (Å²) in [6.45, 7) is 4.77. The summed E-state index contributed by atoms with van der Waals surface area (Å²) in [5, 5.41) is 3.07. The highest BCUT2D eigenvalue weighted by molar-refractivity contribution is 5.96. The number of unbranched alkanes of at least 4 members (excludes halogenated alkanes) is 1. The van der Waals surface area contributed by atoms with Crippen LogP contribution in [0.15, 0.2) is 24.3 Å². The molecular formula is C14H20N2O2. The number of carbonyl (C=O) groups excluding carboxylic acids is 1. The summed E-state index contributed by atoms with van der Waals surface area (Å²) in [5.41, 5.74) is 0.889. The molecule has 1 aliphatic rings. The maximum Gasteiger partial charge on any atom is 0.241 e. The van der Waals surface area contributed by atoms with Crippen LogP contribution >= 0.6 is 0 Å². The smallest absolute Gasteiger partial charge is 0.241 e. The number of hydrogen-bond acceptors (Lipinski definition) is 3. The Morgan fingerprint density at radius 1 is 1.39 bits per heavy atom. The first-order chi connectivity index (χ1) is 8.83. The topological polar surface area (TPSA) is 41.6 Å². The molecule has 1 fully saturated rings. The van der Waals surface area contributed by atoms with Gasteiger partial charge >= 0.3 is 0 Å². The molecule has 0 saturated carbocycles. The Balaban J connectivity index is 2.12. The first kappa shape index (κ1) is 12.9. The molecule has 18 heavy (non-hydrogen) atoms. The van der Waals surface area contributed by atoms with E-state index in [4.69, 9.17) is 4.74 Å². The van der Waals surface area contributed by atoms with Gasteiger partial charge in [-0.05, 0) is 18.6 Å². The van der Waals surface area contributed by atoms with E-state index in [9.17, 15) is 4.79 Å². The quantitative estimate of drug-likeness (QED) is 0.808. The number of nitrogens with one attached hydrogen (secondary N) is 1. The van der Waals surface area contributed by atoms with Crippen molar-refractivity contribution in [3.05, 3.63) is 24.3 Å². The third-order valence-electron chi connectivity index (χ3n) is 3.00. The largest absolute Gasteiger partial charge is 0.491 e. The minimum Gasteiger partial charge on any atom is -0.491 e. The molecule has 4 heteroatoms. The van der Waals surface area contributed by atoms with Gasteiger partial charge in [-0.15, -0.1) is 0 Å². The fraction of sp³-hybridized carbons (Fsp3) is 0.500. The molecule has 1 aliphatic heterocycles. The number of amides is 1. The van der Waals surface area contributed by atoms with Crippen LogP contribution in [0.3, 0.4) is 0 Å². The predicted molar refractivity (Wildman–Crippen MR) is 72.1 cm³/mol. The van der Waals surface area contributed by atoms with Gasteiger partial charge in [0.15, 0.2) is 0 Å². The molecule has 0 spiro atoms. The molecule has 0 radical (unpaired) electrons. The summed E-state index contributed by atoms with van der Waals surface area (Å²) in [5.74, 6) is 0.911. The number of rotatable bonds is 5. The predicted octanol–water partition coefficient (Wildman–Crippen LogP) is 1.80. The fourth-order valence-electron chi connectivity index (χ4n) is 1.99. The molecule has 1 saturated heterocycles. The Morgan fingerprint density at radius 3 is 3.00 bits per heavy atom. The Labute approximate surface area is 108 Å².